The molecule has 0 spiro atoms. The molecule has 0 aliphatic carbocycles. The molecule has 0 unspecified atom stereocenters. The first-order chi connectivity index (χ1) is 13.8. The first-order valence-electron chi connectivity index (χ1n) is 8.86. The van der Waals surface area contributed by atoms with Gasteiger partial charge in [-0.25, -0.2) is 4.98 Å². The third-order valence-electron chi connectivity index (χ3n) is 4.50. The van der Waals surface area contributed by atoms with Gasteiger partial charge in [0.15, 0.2) is 5.82 Å². The van der Waals surface area contributed by atoms with Gasteiger partial charge in [-0.15, -0.1) is 0 Å². The molecule has 0 radical (unpaired) electrons. The zero-order chi connectivity index (χ0) is 20.6. The van der Waals surface area contributed by atoms with Crippen LogP contribution in [0.25, 0.3) is 22.4 Å². The Balaban J connectivity index is 1.73. The molecule has 0 aliphatic heterocycles. The van der Waals surface area contributed by atoms with E-state index >= 15 is 0 Å². The van der Waals surface area contributed by atoms with Gasteiger partial charge in [-0.2, -0.15) is 17.9 Å². The standard InChI is InChI=1S/C22H16ClF3N2O/c1-14-5-7-16(8-6-14)21-27-19-10-9-18(23)12-20(19)28(21)29-13-15-3-2-4-17(11-15)22(24,25)26/h2-12H,13H2,1H3. The molecule has 1 heterocycles. The van der Waals surface area contributed by atoms with Crippen LogP contribution in [0.5, 0.6) is 0 Å². The minimum absolute atomic E-state index is 0.0548. The van der Waals surface area contributed by atoms with Gasteiger partial charge in [0.2, 0.25) is 0 Å². The number of imidazole rings is 1. The Hall–Kier alpha value is -2.99. The molecule has 0 bridgehead atoms. The van der Waals surface area contributed by atoms with Crippen LogP contribution in [0.2, 0.25) is 5.02 Å². The average Bonchev–Trinajstić information content (AvgIpc) is 3.04. The van der Waals surface area contributed by atoms with Crippen molar-refractivity contribution in [1.82, 2.24) is 9.71 Å². The van der Waals surface area contributed by atoms with Crippen molar-refractivity contribution < 1.29 is 18.0 Å². The van der Waals surface area contributed by atoms with E-state index in [9.17, 15) is 13.2 Å². The van der Waals surface area contributed by atoms with Gasteiger partial charge >= 0.3 is 6.18 Å². The predicted molar refractivity (Wildman–Crippen MR) is 107 cm³/mol. The SMILES string of the molecule is Cc1ccc(-c2nc3ccc(Cl)cc3n2OCc2cccc(C(F)(F)F)c2)cc1. The molecule has 0 aliphatic rings. The van der Waals surface area contributed by atoms with E-state index < -0.39 is 11.7 Å². The van der Waals surface area contributed by atoms with Crippen molar-refractivity contribution in [2.24, 2.45) is 0 Å². The van der Waals surface area contributed by atoms with Crippen LogP contribution in [0.1, 0.15) is 16.7 Å². The van der Waals surface area contributed by atoms with Gasteiger partial charge in [0.25, 0.3) is 0 Å². The van der Waals surface area contributed by atoms with Gasteiger partial charge in [0.1, 0.15) is 12.1 Å². The fourth-order valence-electron chi connectivity index (χ4n) is 3.02. The summed E-state index contributed by atoms with van der Waals surface area (Å²) >= 11 is 6.13. The van der Waals surface area contributed by atoms with E-state index in [1.54, 1.807) is 24.3 Å². The molecule has 29 heavy (non-hydrogen) atoms. The van der Waals surface area contributed by atoms with Crippen molar-refractivity contribution in [2.45, 2.75) is 19.7 Å². The van der Waals surface area contributed by atoms with Gasteiger partial charge < -0.3 is 4.84 Å². The summed E-state index contributed by atoms with van der Waals surface area (Å²) in [6.07, 6.45) is -4.40. The molecule has 7 heteroatoms. The lowest BCUT2D eigenvalue weighted by atomic mass is 10.1. The van der Waals surface area contributed by atoms with Crippen LogP contribution in [0.15, 0.2) is 66.7 Å². The molecule has 0 atom stereocenters. The monoisotopic (exact) mass is 416 g/mol. The topological polar surface area (TPSA) is 27.1 Å². The lowest BCUT2D eigenvalue weighted by Crippen LogP contribution is -2.13. The summed E-state index contributed by atoms with van der Waals surface area (Å²) in [7, 11) is 0. The minimum atomic E-state index is -4.40. The molecule has 0 fully saturated rings. The molecule has 3 nitrogen and oxygen atoms in total. The summed E-state index contributed by atoms with van der Waals surface area (Å²) in [6, 6.07) is 18.0. The maximum absolute atomic E-state index is 13.0. The van der Waals surface area contributed by atoms with Crippen molar-refractivity contribution in [3.05, 3.63) is 88.4 Å². The zero-order valence-electron chi connectivity index (χ0n) is 15.4. The highest BCUT2D eigenvalue weighted by molar-refractivity contribution is 6.31. The zero-order valence-corrected chi connectivity index (χ0v) is 16.1. The molecule has 0 saturated heterocycles. The molecular formula is C22H16ClF3N2O. The largest absolute Gasteiger partial charge is 0.416 e. The summed E-state index contributed by atoms with van der Waals surface area (Å²) in [5, 5.41) is 0.511. The summed E-state index contributed by atoms with van der Waals surface area (Å²) in [5.41, 5.74) is 2.93. The Kier molecular flexibility index (Phi) is 4.96. The normalized spacial score (nSPS) is 11.8. The van der Waals surface area contributed by atoms with E-state index in [0.717, 1.165) is 23.3 Å². The van der Waals surface area contributed by atoms with Crippen LogP contribution in [-0.4, -0.2) is 9.71 Å². The van der Waals surface area contributed by atoms with Gasteiger partial charge in [0.05, 0.1) is 11.1 Å². The number of aromatic nitrogens is 2. The lowest BCUT2D eigenvalue weighted by Gasteiger charge is -2.13. The highest BCUT2D eigenvalue weighted by Gasteiger charge is 2.30. The Labute approximate surface area is 170 Å². The predicted octanol–water partition coefficient (Wildman–Crippen LogP) is 6.31. The highest BCUT2D eigenvalue weighted by Crippen LogP contribution is 2.30. The maximum atomic E-state index is 13.0. The summed E-state index contributed by atoms with van der Waals surface area (Å²) in [5.74, 6) is 0.550. The number of halogens is 4. The second kappa shape index (κ2) is 7.44. The molecule has 1 aromatic heterocycles. The van der Waals surface area contributed by atoms with Gasteiger partial charge in [0, 0.05) is 10.6 Å². The van der Waals surface area contributed by atoms with Gasteiger partial charge in [-0.1, -0.05) is 53.6 Å². The van der Waals surface area contributed by atoms with E-state index in [-0.39, 0.29) is 6.61 Å². The lowest BCUT2D eigenvalue weighted by molar-refractivity contribution is -0.137. The minimum Gasteiger partial charge on any atom is -0.407 e. The van der Waals surface area contributed by atoms with E-state index in [4.69, 9.17) is 16.4 Å². The number of aryl methyl sites for hydroxylation is 1. The van der Waals surface area contributed by atoms with Crippen molar-refractivity contribution >= 4 is 22.6 Å². The average molecular weight is 417 g/mol. The molecule has 3 aromatic carbocycles. The smallest absolute Gasteiger partial charge is 0.407 e. The highest BCUT2D eigenvalue weighted by atomic mass is 35.5. The number of fused-ring (bicyclic) bond motifs is 1. The Morgan fingerprint density at radius 3 is 2.48 bits per heavy atom. The number of hydrogen-bond donors (Lipinski definition) is 0. The van der Waals surface area contributed by atoms with Gasteiger partial charge in [-0.05, 0) is 42.8 Å². The van der Waals surface area contributed by atoms with Crippen molar-refractivity contribution in [1.29, 1.82) is 0 Å². The fraction of sp³-hybridized carbons (Fsp3) is 0.136. The Morgan fingerprint density at radius 2 is 1.76 bits per heavy atom. The molecular weight excluding hydrogens is 401 g/mol. The number of alkyl halides is 3. The molecule has 4 rings (SSSR count). The van der Waals surface area contributed by atoms with Crippen molar-refractivity contribution in [3.63, 3.8) is 0 Å². The number of nitrogens with zero attached hydrogens (tertiary/aromatic N) is 2. The van der Waals surface area contributed by atoms with E-state index in [1.165, 1.54) is 10.8 Å². The first kappa shape index (κ1) is 19.3. The van der Waals surface area contributed by atoms with Crippen molar-refractivity contribution in [3.8, 4) is 11.4 Å². The first-order valence-corrected chi connectivity index (χ1v) is 9.23. The van der Waals surface area contributed by atoms with Crippen LogP contribution in [0.3, 0.4) is 0 Å². The number of benzene rings is 3. The number of rotatable bonds is 4. The Bertz CT molecular complexity index is 1170. The van der Waals surface area contributed by atoms with Crippen LogP contribution in [0.4, 0.5) is 13.2 Å². The summed E-state index contributed by atoms with van der Waals surface area (Å²) < 4.78 is 40.5. The molecule has 0 saturated carbocycles. The second-order valence-corrected chi connectivity index (χ2v) is 7.14. The van der Waals surface area contributed by atoms with E-state index in [2.05, 4.69) is 4.98 Å². The molecule has 0 N–H and O–H groups in total. The van der Waals surface area contributed by atoms with Crippen LogP contribution >= 0.6 is 11.6 Å². The number of hydrogen-bond acceptors (Lipinski definition) is 2. The van der Waals surface area contributed by atoms with Crippen LogP contribution < -0.4 is 4.84 Å². The third-order valence-corrected chi connectivity index (χ3v) is 4.73. The van der Waals surface area contributed by atoms with E-state index in [0.29, 0.717) is 27.4 Å². The van der Waals surface area contributed by atoms with E-state index in [1.807, 2.05) is 31.2 Å². The quantitative estimate of drug-likeness (QED) is 0.389. The molecule has 4 aromatic rings. The van der Waals surface area contributed by atoms with Crippen molar-refractivity contribution in [2.75, 3.05) is 0 Å². The summed E-state index contributed by atoms with van der Waals surface area (Å²) in [4.78, 5) is 10.5. The molecule has 148 valence electrons. The molecule has 0 amide bonds. The third kappa shape index (κ3) is 4.07. The van der Waals surface area contributed by atoms with Gasteiger partial charge in [-0.3, -0.25) is 0 Å². The Morgan fingerprint density at radius 1 is 1.00 bits per heavy atom. The summed E-state index contributed by atoms with van der Waals surface area (Å²) in [6.45, 7) is 1.93. The van der Waals surface area contributed by atoms with Crippen LogP contribution in [0, 0.1) is 6.92 Å². The maximum Gasteiger partial charge on any atom is 0.416 e. The fourth-order valence-corrected chi connectivity index (χ4v) is 3.19. The van der Waals surface area contributed by atoms with Crippen LogP contribution in [-0.2, 0) is 12.8 Å². The second-order valence-electron chi connectivity index (χ2n) is 6.70.